The number of aliphatic hydroxyl groups is 11. The second-order valence-electron chi connectivity index (χ2n) is 12.6. The van der Waals surface area contributed by atoms with E-state index < -0.39 is 161 Å². The van der Waals surface area contributed by atoms with Gasteiger partial charge in [-0.3, -0.25) is 0 Å². The van der Waals surface area contributed by atoms with Gasteiger partial charge in [-0.25, -0.2) is 9.59 Å². The lowest BCUT2D eigenvalue weighted by Crippen LogP contribution is -2.71. The molecule has 4 fully saturated rings. The predicted octanol–water partition coefficient (Wildman–Crippen LogP) is -9.96. The van der Waals surface area contributed by atoms with E-state index in [4.69, 9.17) is 55.1 Å². The van der Waals surface area contributed by atoms with Crippen LogP contribution in [0.5, 0.6) is 0 Å². The van der Waals surface area contributed by atoms with Gasteiger partial charge in [-0.05, 0) is 7.05 Å². The Hall–Kier alpha value is -2.22. The maximum Gasteiger partial charge on any atom is 0.404 e. The molecule has 3 saturated heterocycles. The van der Waals surface area contributed by atoms with Crippen LogP contribution in [-0.2, 0) is 37.9 Å². The van der Waals surface area contributed by atoms with Crippen LogP contribution < -0.4 is 22.5 Å². The molecular weight excluding hydrogens is 716 g/mol. The molecule has 3 aliphatic heterocycles. The molecule has 25 heteroatoms. The molecular formula is C27H48N4O21. The maximum atomic E-state index is 11.9. The lowest BCUT2D eigenvalue weighted by molar-refractivity contribution is -0.354. The highest BCUT2D eigenvalue weighted by atomic mass is 16.7. The molecule has 0 aromatic heterocycles. The molecule has 302 valence electrons. The van der Waals surface area contributed by atoms with Gasteiger partial charge in [-0.2, -0.15) is 0 Å². The van der Waals surface area contributed by atoms with Gasteiger partial charge in [0.1, 0.15) is 85.5 Å². The Morgan fingerprint density at radius 2 is 1.25 bits per heavy atom. The summed E-state index contributed by atoms with van der Waals surface area (Å²) in [6.07, 6.45) is -37.1. The molecule has 52 heavy (non-hydrogen) atoms. The Morgan fingerprint density at radius 3 is 1.77 bits per heavy atom. The van der Waals surface area contributed by atoms with Gasteiger partial charge >= 0.3 is 12.2 Å². The summed E-state index contributed by atoms with van der Waals surface area (Å²) < 4.78 is 43.7. The van der Waals surface area contributed by atoms with Crippen LogP contribution in [0, 0.1) is 0 Å². The van der Waals surface area contributed by atoms with E-state index in [9.17, 15) is 65.8 Å². The van der Waals surface area contributed by atoms with E-state index in [-0.39, 0.29) is 0 Å². The first-order valence-corrected chi connectivity index (χ1v) is 16.0. The van der Waals surface area contributed by atoms with Crippen molar-refractivity contribution in [1.82, 2.24) is 5.32 Å². The molecule has 0 aromatic rings. The van der Waals surface area contributed by atoms with Crippen LogP contribution in [-0.4, -0.2) is 224 Å². The smallest absolute Gasteiger partial charge is 0.404 e. The van der Waals surface area contributed by atoms with Gasteiger partial charge in [-0.1, -0.05) is 0 Å². The lowest BCUT2D eigenvalue weighted by Gasteiger charge is -2.50. The largest absolute Gasteiger partial charge is 0.441 e. The number of likely N-dealkylation sites (N-methyl/N-ethyl adjacent to an activating group) is 1. The number of carbonyl (C=O) groups is 2. The first-order valence-electron chi connectivity index (χ1n) is 16.0. The topological polar surface area (TPSA) is 421 Å². The fraction of sp³-hybridized carbons (Fsp3) is 0.926. The normalized spacial score (nSPS) is 47.7. The molecule has 0 unspecified atom stereocenters. The van der Waals surface area contributed by atoms with E-state index in [1.807, 2.05) is 0 Å². The summed E-state index contributed by atoms with van der Waals surface area (Å²) >= 11 is 0. The Bertz CT molecular complexity index is 1180. The van der Waals surface area contributed by atoms with Crippen molar-refractivity contribution in [2.24, 2.45) is 17.2 Å². The van der Waals surface area contributed by atoms with Gasteiger partial charge < -0.3 is 117 Å². The Balaban J connectivity index is 1.57. The Labute approximate surface area is 294 Å². The highest BCUT2D eigenvalue weighted by molar-refractivity contribution is 5.65. The first-order chi connectivity index (χ1) is 24.5. The molecule has 0 aromatic carbocycles. The average molecular weight is 765 g/mol. The summed E-state index contributed by atoms with van der Waals surface area (Å²) in [5, 5.41) is 117. The second-order valence-corrected chi connectivity index (χ2v) is 12.6. The molecule has 4 rings (SSSR count). The van der Waals surface area contributed by atoms with Crippen LogP contribution in [0.4, 0.5) is 9.59 Å². The minimum Gasteiger partial charge on any atom is -0.441 e. The highest BCUT2D eigenvalue weighted by Crippen LogP contribution is 2.35. The summed E-state index contributed by atoms with van der Waals surface area (Å²) in [6, 6.07) is -2.78. The van der Waals surface area contributed by atoms with Crippen molar-refractivity contribution in [3.05, 3.63) is 0 Å². The predicted molar refractivity (Wildman–Crippen MR) is 160 cm³/mol. The van der Waals surface area contributed by atoms with Gasteiger partial charge in [0.25, 0.3) is 0 Å². The highest BCUT2D eigenvalue weighted by Gasteiger charge is 2.59. The number of hydrogen-bond donors (Lipinski definition) is 15. The minimum atomic E-state index is -2.14. The van der Waals surface area contributed by atoms with Crippen LogP contribution in [0.25, 0.3) is 0 Å². The Morgan fingerprint density at radius 1 is 0.712 bits per heavy atom. The zero-order valence-electron chi connectivity index (χ0n) is 27.5. The number of hydrogen-bond acceptors (Lipinski definition) is 23. The molecule has 0 bridgehead atoms. The fourth-order valence-corrected chi connectivity index (χ4v) is 6.46. The number of nitrogens with one attached hydrogen (secondary N) is 1. The molecule has 18 N–H and O–H groups in total. The standard InChI is InChI=1S/C27H48N4O21/c1-31-9-11(36)7(47-25-15(40)13(38)14(39)18(48-25)5(34)2-32)4-45-23(9)49-19-16(41)20(22(52-27(30)44)17(42)21(19)51-26(29)43)50-24-12(37)8(28)10(35)6(3-33)46-24/h5-25,31-42H,2-4,28H2,1H3,(H2,29,43)(H2,30,44)/t5-,6+,7-,8-,9-,10+,11-,12-,13+,14+,15+,16+,17-,18-,19-,20-,21+,22-,23-,24-,25+/m1/s1. The van der Waals surface area contributed by atoms with Crippen LogP contribution in [0.15, 0.2) is 0 Å². The number of ether oxygens (including phenoxy) is 8. The van der Waals surface area contributed by atoms with E-state index in [0.717, 1.165) is 0 Å². The van der Waals surface area contributed by atoms with E-state index in [1.165, 1.54) is 7.05 Å². The van der Waals surface area contributed by atoms with Crippen molar-refractivity contribution < 1.29 is 104 Å². The molecule has 1 saturated carbocycles. The quantitative estimate of drug-likeness (QED) is 0.0877. The third-order valence-electron chi connectivity index (χ3n) is 9.30. The number of carbonyl (C=O) groups excluding carboxylic acids is 2. The molecule has 21 atom stereocenters. The second kappa shape index (κ2) is 17.9. The van der Waals surface area contributed by atoms with Gasteiger partial charge in [0.15, 0.2) is 31.1 Å². The van der Waals surface area contributed by atoms with Crippen molar-refractivity contribution in [3.63, 3.8) is 0 Å². The van der Waals surface area contributed by atoms with Crippen molar-refractivity contribution in [3.8, 4) is 0 Å². The zero-order valence-corrected chi connectivity index (χ0v) is 27.5. The van der Waals surface area contributed by atoms with Crippen LogP contribution >= 0.6 is 0 Å². The number of aliphatic hydroxyl groups excluding tert-OH is 11. The zero-order chi connectivity index (χ0) is 38.8. The van der Waals surface area contributed by atoms with Gasteiger partial charge in [-0.15, -0.1) is 0 Å². The Kier molecular flexibility index (Phi) is 14.7. The minimum absolute atomic E-state index is 0.576. The van der Waals surface area contributed by atoms with Crippen molar-refractivity contribution in [2.45, 2.75) is 129 Å². The van der Waals surface area contributed by atoms with Crippen molar-refractivity contribution in [2.75, 3.05) is 26.9 Å². The number of primary amides is 2. The molecule has 0 radical (unpaired) electrons. The number of amides is 2. The third kappa shape index (κ3) is 8.84. The molecule has 2 amide bonds. The molecule has 25 nitrogen and oxygen atoms in total. The number of nitrogens with two attached hydrogens (primary N) is 3. The SMILES string of the molecule is CN[C@H]1[C@@H](O[C@@H]2[C@H](O)[C@@H](O[C@H]3O[C@@H](CO)[C@H](O)[C@@H](N)[C@H]3O)[C@H](OC(N)=O)[C@H](O)[C@@H]2OC(N)=O)OC[C@@H](O[C@H]2O[C@H]([C@H](O)CO)[C@@H](O)[C@H](O)[C@@H]2O)[C@H]1O. The van der Waals surface area contributed by atoms with Crippen molar-refractivity contribution in [1.29, 1.82) is 0 Å². The molecule has 4 aliphatic rings. The van der Waals surface area contributed by atoms with Crippen LogP contribution in [0.3, 0.4) is 0 Å². The maximum absolute atomic E-state index is 11.9. The van der Waals surface area contributed by atoms with E-state index >= 15 is 0 Å². The molecule has 3 heterocycles. The first kappa shape index (κ1) is 42.5. The fourth-order valence-electron chi connectivity index (χ4n) is 6.46. The van der Waals surface area contributed by atoms with Crippen LogP contribution in [0.1, 0.15) is 0 Å². The summed E-state index contributed by atoms with van der Waals surface area (Å²) in [7, 11) is 1.33. The van der Waals surface area contributed by atoms with Crippen molar-refractivity contribution >= 4 is 12.2 Å². The third-order valence-corrected chi connectivity index (χ3v) is 9.30. The van der Waals surface area contributed by atoms with Gasteiger partial charge in [0.05, 0.1) is 31.9 Å². The van der Waals surface area contributed by atoms with E-state index in [1.54, 1.807) is 0 Å². The summed E-state index contributed by atoms with van der Waals surface area (Å²) in [5.74, 6) is 0. The van der Waals surface area contributed by atoms with Crippen LogP contribution in [0.2, 0.25) is 0 Å². The lowest BCUT2D eigenvalue weighted by atomic mass is 9.83. The van der Waals surface area contributed by atoms with Gasteiger partial charge in [0, 0.05) is 0 Å². The molecule has 1 aliphatic carbocycles. The summed E-state index contributed by atoms with van der Waals surface area (Å²) in [6.45, 7) is -2.26. The summed E-state index contributed by atoms with van der Waals surface area (Å²) in [5.41, 5.74) is 16.2. The monoisotopic (exact) mass is 764 g/mol. The van der Waals surface area contributed by atoms with Gasteiger partial charge in [0.2, 0.25) is 0 Å². The number of rotatable bonds is 12. The summed E-state index contributed by atoms with van der Waals surface area (Å²) in [4.78, 5) is 23.7. The van der Waals surface area contributed by atoms with E-state index in [0.29, 0.717) is 0 Å². The molecule has 0 spiro atoms. The van der Waals surface area contributed by atoms with E-state index in [2.05, 4.69) is 5.32 Å². The average Bonchev–Trinajstić information content (AvgIpc) is 3.10.